The fourth-order valence-electron chi connectivity index (χ4n) is 3.01. The summed E-state index contributed by atoms with van der Waals surface area (Å²) in [6.45, 7) is 1.13. The molecule has 1 heterocycles. The molecule has 0 spiro atoms. The molecule has 1 N–H and O–H groups in total. The number of aliphatic hydroxyl groups is 1. The number of amides is 2. The number of carbonyl (C=O) groups excluding carboxylic acids is 2. The van der Waals surface area contributed by atoms with Crippen molar-refractivity contribution in [2.75, 3.05) is 27.2 Å². The summed E-state index contributed by atoms with van der Waals surface area (Å²) in [6, 6.07) is 0. The minimum Gasteiger partial charge on any atom is -0.393 e. The van der Waals surface area contributed by atoms with Crippen LogP contribution in [0.4, 0.5) is 0 Å². The lowest BCUT2D eigenvalue weighted by molar-refractivity contribution is -0.135. The van der Waals surface area contributed by atoms with Crippen molar-refractivity contribution >= 4 is 11.8 Å². The van der Waals surface area contributed by atoms with Crippen LogP contribution in [0.5, 0.6) is 0 Å². The van der Waals surface area contributed by atoms with E-state index < -0.39 is 0 Å². The SMILES string of the molecule is CN1CC(C(=O)N(C)CC2CCCC2O)CC1=O. The van der Waals surface area contributed by atoms with Crippen LogP contribution in [0, 0.1) is 11.8 Å². The highest BCUT2D eigenvalue weighted by Gasteiger charge is 2.35. The van der Waals surface area contributed by atoms with E-state index in [1.165, 1.54) is 0 Å². The van der Waals surface area contributed by atoms with Crippen molar-refractivity contribution in [3.05, 3.63) is 0 Å². The van der Waals surface area contributed by atoms with Gasteiger partial charge in [0.1, 0.15) is 0 Å². The quantitative estimate of drug-likeness (QED) is 0.776. The van der Waals surface area contributed by atoms with E-state index in [0.29, 0.717) is 19.5 Å². The van der Waals surface area contributed by atoms with E-state index in [-0.39, 0.29) is 29.8 Å². The zero-order valence-electron chi connectivity index (χ0n) is 11.1. The van der Waals surface area contributed by atoms with Crippen molar-refractivity contribution in [3.63, 3.8) is 0 Å². The Morgan fingerprint density at radius 3 is 2.72 bits per heavy atom. The van der Waals surface area contributed by atoms with E-state index >= 15 is 0 Å². The molecule has 0 aromatic heterocycles. The topological polar surface area (TPSA) is 60.9 Å². The van der Waals surface area contributed by atoms with Crippen molar-refractivity contribution in [1.29, 1.82) is 0 Å². The Bertz CT molecular complexity index is 345. The Morgan fingerprint density at radius 1 is 1.50 bits per heavy atom. The lowest BCUT2D eigenvalue weighted by atomic mass is 10.0. The van der Waals surface area contributed by atoms with Gasteiger partial charge in [0.2, 0.25) is 11.8 Å². The van der Waals surface area contributed by atoms with Gasteiger partial charge in [-0.1, -0.05) is 6.42 Å². The number of hydrogen-bond donors (Lipinski definition) is 1. The molecule has 2 rings (SSSR count). The van der Waals surface area contributed by atoms with Crippen molar-refractivity contribution < 1.29 is 14.7 Å². The van der Waals surface area contributed by atoms with Gasteiger partial charge < -0.3 is 14.9 Å². The molecule has 0 aromatic carbocycles. The third kappa shape index (κ3) is 2.66. The summed E-state index contributed by atoms with van der Waals surface area (Å²) in [7, 11) is 3.51. The third-order valence-corrected chi connectivity index (χ3v) is 4.19. The van der Waals surface area contributed by atoms with Gasteiger partial charge in [0.15, 0.2) is 0 Å². The Kier molecular flexibility index (Phi) is 3.90. The molecule has 3 atom stereocenters. The smallest absolute Gasteiger partial charge is 0.227 e. The van der Waals surface area contributed by atoms with Crippen LogP contribution < -0.4 is 0 Å². The van der Waals surface area contributed by atoms with E-state index in [2.05, 4.69) is 0 Å². The normalized spacial score (nSPS) is 32.1. The number of nitrogens with zero attached hydrogens (tertiary/aromatic N) is 2. The minimum atomic E-state index is -0.270. The Morgan fingerprint density at radius 2 is 2.22 bits per heavy atom. The summed E-state index contributed by atoms with van der Waals surface area (Å²) < 4.78 is 0. The number of likely N-dealkylation sites (tertiary alicyclic amines) is 1. The first-order valence-corrected chi connectivity index (χ1v) is 6.66. The molecule has 3 unspecified atom stereocenters. The van der Waals surface area contributed by atoms with Crippen molar-refractivity contribution in [1.82, 2.24) is 9.80 Å². The second-order valence-electron chi connectivity index (χ2n) is 5.65. The standard InChI is InChI=1S/C13H22N2O3/c1-14-8-10(6-12(14)17)13(18)15(2)7-9-4-3-5-11(9)16/h9-11,16H,3-8H2,1-2H3. The molecule has 2 aliphatic rings. The Balaban J connectivity index is 1.87. The van der Waals surface area contributed by atoms with Crippen molar-refractivity contribution in [3.8, 4) is 0 Å². The molecule has 0 radical (unpaired) electrons. The molecule has 1 saturated carbocycles. The molecule has 18 heavy (non-hydrogen) atoms. The fraction of sp³-hybridized carbons (Fsp3) is 0.846. The highest BCUT2D eigenvalue weighted by atomic mass is 16.3. The van der Waals surface area contributed by atoms with Crippen LogP contribution in [0.15, 0.2) is 0 Å². The third-order valence-electron chi connectivity index (χ3n) is 4.19. The van der Waals surface area contributed by atoms with Gasteiger partial charge in [-0.15, -0.1) is 0 Å². The van der Waals surface area contributed by atoms with Crippen LogP contribution in [0.3, 0.4) is 0 Å². The molecule has 102 valence electrons. The van der Waals surface area contributed by atoms with Gasteiger partial charge in [-0.2, -0.15) is 0 Å². The zero-order valence-corrected chi connectivity index (χ0v) is 11.1. The van der Waals surface area contributed by atoms with E-state index in [1.54, 1.807) is 23.9 Å². The lowest BCUT2D eigenvalue weighted by Gasteiger charge is -2.25. The average Bonchev–Trinajstić information content (AvgIpc) is 2.86. The van der Waals surface area contributed by atoms with Crippen LogP contribution in [0.2, 0.25) is 0 Å². The van der Waals surface area contributed by atoms with Gasteiger partial charge in [-0.25, -0.2) is 0 Å². The first-order chi connectivity index (χ1) is 8.49. The highest BCUT2D eigenvalue weighted by molar-refractivity contribution is 5.89. The predicted octanol–water partition coefficient (Wildman–Crippen LogP) is 0.0841. The number of carbonyl (C=O) groups is 2. The van der Waals surface area contributed by atoms with E-state index in [0.717, 1.165) is 19.3 Å². The highest BCUT2D eigenvalue weighted by Crippen LogP contribution is 2.27. The van der Waals surface area contributed by atoms with Crippen LogP contribution in [-0.4, -0.2) is 60.0 Å². The summed E-state index contributed by atoms with van der Waals surface area (Å²) in [4.78, 5) is 26.9. The molecular weight excluding hydrogens is 232 g/mol. The molecule has 0 aromatic rings. The van der Waals surface area contributed by atoms with E-state index in [4.69, 9.17) is 0 Å². The fourth-order valence-corrected chi connectivity index (χ4v) is 3.01. The van der Waals surface area contributed by atoms with Crippen LogP contribution in [-0.2, 0) is 9.59 Å². The van der Waals surface area contributed by atoms with Gasteiger partial charge >= 0.3 is 0 Å². The van der Waals surface area contributed by atoms with Gasteiger partial charge in [-0.05, 0) is 12.8 Å². The van der Waals surface area contributed by atoms with Crippen molar-refractivity contribution in [2.24, 2.45) is 11.8 Å². The summed E-state index contributed by atoms with van der Waals surface area (Å²) in [6.07, 6.45) is 2.93. The second kappa shape index (κ2) is 5.26. The molecule has 1 saturated heterocycles. The maximum Gasteiger partial charge on any atom is 0.227 e. The summed E-state index contributed by atoms with van der Waals surface area (Å²) >= 11 is 0. The molecule has 2 fully saturated rings. The summed E-state index contributed by atoms with van der Waals surface area (Å²) in [5, 5.41) is 9.77. The minimum absolute atomic E-state index is 0.0341. The number of hydrogen-bond acceptors (Lipinski definition) is 3. The maximum absolute atomic E-state index is 12.2. The molecule has 1 aliphatic heterocycles. The second-order valence-corrected chi connectivity index (χ2v) is 5.65. The Labute approximate surface area is 108 Å². The molecule has 0 bridgehead atoms. The number of aliphatic hydroxyl groups excluding tert-OH is 1. The largest absolute Gasteiger partial charge is 0.393 e. The first kappa shape index (κ1) is 13.3. The first-order valence-electron chi connectivity index (χ1n) is 6.66. The Hall–Kier alpha value is -1.10. The molecular formula is C13H22N2O3. The zero-order chi connectivity index (χ0) is 13.3. The average molecular weight is 254 g/mol. The van der Waals surface area contributed by atoms with E-state index in [9.17, 15) is 14.7 Å². The van der Waals surface area contributed by atoms with Crippen LogP contribution in [0.1, 0.15) is 25.7 Å². The molecule has 5 nitrogen and oxygen atoms in total. The van der Waals surface area contributed by atoms with Gasteiger partial charge in [0, 0.05) is 39.5 Å². The molecule has 1 aliphatic carbocycles. The molecule has 5 heteroatoms. The van der Waals surface area contributed by atoms with Gasteiger partial charge in [-0.3, -0.25) is 9.59 Å². The van der Waals surface area contributed by atoms with Crippen LogP contribution >= 0.6 is 0 Å². The van der Waals surface area contributed by atoms with Crippen LogP contribution in [0.25, 0.3) is 0 Å². The van der Waals surface area contributed by atoms with Gasteiger partial charge in [0.25, 0.3) is 0 Å². The molecule has 2 amide bonds. The number of rotatable bonds is 3. The van der Waals surface area contributed by atoms with Crippen molar-refractivity contribution in [2.45, 2.75) is 31.8 Å². The van der Waals surface area contributed by atoms with Gasteiger partial charge in [0.05, 0.1) is 12.0 Å². The maximum atomic E-state index is 12.2. The summed E-state index contributed by atoms with van der Waals surface area (Å²) in [5.74, 6) is 0.0780. The monoisotopic (exact) mass is 254 g/mol. The predicted molar refractivity (Wildman–Crippen MR) is 66.7 cm³/mol. The lowest BCUT2D eigenvalue weighted by Crippen LogP contribution is -2.38. The summed E-state index contributed by atoms with van der Waals surface area (Å²) in [5.41, 5.74) is 0. The van der Waals surface area contributed by atoms with E-state index in [1.807, 2.05) is 0 Å².